The van der Waals surface area contributed by atoms with Crippen LogP contribution in [0.25, 0.3) is 0 Å². The Morgan fingerprint density at radius 3 is 2.80 bits per heavy atom. The van der Waals surface area contributed by atoms with Crippen molar-refractivity contribution in [2.75, 3.05) is 26.7 Å². The highest BCUT2D eigenvalue weighted by Crippen LogP contribution is 2.24. The average Bonchev–Trinajstić information content (AvgIpc) is 3.27. The van der Waals surface area contributed by atoms with Gasteiger partial charge in [-0.25, -0.2) is 0 Å². The quantitative estimate of drug-likeness (QED) is 0.774. The summed E-state index contributed by atoms with van der Waals surface area (Å²) >= 11 is 5.88. The number of carboxylic acid groups (broad SMARTS) is 1. The Morgan fingerprint density at radius 1 is 1.48 bits per heavy atom. The smallest absolute Gasteiger partial charge is 0.290 e. The topological polar surface area (TPSA) is 93.6 Å². The molecule has 0 aliphatic carbocycles. The Morgan fingerprint density at radius 2 is 2.24 bits per heavy atom. The van der Waals surface area contributed by atoms with Crippen molar-refractivity contribution in [2.45, 2.75) is 26.0 Å². The molecule has 0 radical (unpaired) electrons. The largest absolute Gasteiger partial charge is 0.483 e. The predicted octanol–water partition coefficient (Wildman–Crippen LogP) is 1.72. The van der Waals surface area contributed by atoms with Gasteiger partial charge in [-0.05, 0) is 6.92 Å². The molecule has 8 nitrogen and oxygen atoms in total. The molecule has 2 aromatic rings. The van der Waals surface area contributed by atoms with E-state index in [1.54, 1.807) is 13.3 Å². The lowest BCUT2D eigenvalue weighted by molar-refractivity contribution is -0.122. The molecule has 0 saturated carbocycles. The van der Waals surface area contributed by atoms with Gasteiger partial charge < -0.3 is 14.4 Å². The van der Waals surface area contributed by atoms with Gasteiger partial charge >= 0.3 is 0 Å². The molecule has 3 heterocycles. The number of ether oxygens (including phenoxy) is 1. The van der Waals surface area contributed by atoms with E-state index in [0.717, 1.165) is 44.1 Å². The van der Waals surface area contributed by atoms with Crippen molar-refractivity contribution in [3.8, 4) is 0 Å². The van der Waals surface area contributed by atoms with Gasteiger partial charge in [0.2, 0.25) is 0 Å². The van der Waals surface area contributed by atoms with Crippen molar-refractivity contribution in [2.24, 2.45) is 5.92 Å². The molecule has 2 aromatic heterocycles. The van der Waals surface area contributed by atoms with Gasteiger partial charge in [-0.1, -0.05) is 16.8 Å². The molecule has 1 aliphatic rings. The number of methoxy groups -OCH3 is 1. The van der Waals surface area contributed by atoms with Gasteiger partial charge in [0, 0.05) is 51.3 Å². The zero-order chi connectivity index (χ0) is 18.2. The zero-order valence-electron chi connectivity index (χ0n) is 14.3. The van der Waals surface area contributed by atoms with Crippen LogP contribution in [0.15, 0.2) is 23.0 Å². The van der Waals surface area contributed by atoms with Gasteiger partial charge in [0.1, 0.15) is 5.76 Å². The van der Waals surface area contributed by atoms with Crippen molar-refractivity contribution < 1.29 is 19.2 Å². The highest BCUT2D eigenvalue weighted by molar-refractivity contribution is 6.30. The van der Waals surface area contributed by atoms with E-state index < -0.39 is 0 Å². The summed E-state index contributed by atoms with van der Waals surface area (Å²) in [5.74, 6) is 1.36. The molecule has 2 atom stereocenters. The van der Waals surface area contributed by atoms with Crippen LogP contribution in [-0.4, -0.2) is 64.3 Å². The van der Waals surface area contributed by atoms with E-state index in [4.69, 9.17) is 30.8 Å². The summed E-state index contributed by atoms with van der Waals surface area (Å²) in [6.45, 7) is 5.38. The molecule has 0 aromatic carbocycles. The minimum Gasteiger partial charge on any atom is -0.483 e. The normalized spacial score (nSPS) is 20.3. The van der Waals surface area contributed by atoms with Gasteiger partial charge in [-0.2, -0.15) is 5.10 Å². The fourth-order valence-corrected chi connectivity index (χ4v) is 3.20. The number of nitrogens with zero attached hydrogens (tertiary/aromatic N) is 4. The molecule has 3 rings (SSSR count). The van der Waals surface area contributed by atoms with Gasteiger partial charge in [0.25, 0.3) is 6.47 Å². The number of rotatable bonds is 6. The molecule has 0 amide bonds. The van der Waals surface area contributed by atoms with Crippen LogP contribution in [0.3, 0.4) is 0 Å². The second kappa shape index (κ2) is 9.55. The number of aromatic nitrogens is 3. The van der Waals surface area contributed by atoms with E-state index >= 15 is 0 Å². The molecule has 0 spiro atoms. The summed E-state index contributed by atoms with van der Waals surface area (Å²) < 4.78 is 12.8. The highest BCUT2D eigenvalue weighted by atomic mass is 35.5. The Balaban J connectivity index is 0.000000701. The first kappa shape index (κ1) is 19.4. The predicted molar refractivity (Wildman–Crippen MR) is 91.6 cm³/mol. The third kappa shape index (κ3) is 5.84. The van der Waals surface area contributed by atoms with Crippen LogP contribution in [0, 0.1) is 12.8 Å². The third-order valence-corrected chi connectivity index (χ3v) is 4.34. The van der Waals surface area contributed by atoms with Crippen LogP contribution >= 0.6 is 11.6 Å². The second-order valence-electron chi connectivity index (χ2n) is 5.96. The minimum atomic E-state index is -0.250. The maximum atomic E-state index is 8.36. The summed E-state index contributed by atoms with van der Waals surface area (Å²) in [5, 5.41) is 15.7. The van der Waals surface area contributed by atoms with Crippen molar-refractivity contribution in [1.29, 1.82) is 0 Å². The lowest BCUT2D eigenvalue weighted by Crippen LogP contribution is -2.26. The lowest BCUT2D eigenvalue weighted by atomic mass is 10.0. The monoisotopic (exact) mass is 370 g/mol. The Bertz CT molecular complexity index is 660. The standard InChI is InChI=1S/C15H21ClN4O2.CH2O2/c1-11-5-14(22-18-11)6-12-8-19(10-15(12)21-2)3-4-20-9-13(16)7-17-20;2-1-3/h5,7,9,12,15H,3-4,6,8,10H2,1-2H3;1H,(H,2,3)/t12-,15+;/m1./s1. The van der Waals surface area contributed by atoms with Crippen LogP contribution in [0.5, 0.6) is 0 Å². The Kier molecular flexibility index (Phi) is 7.42. The molecule has 0 unspecified atom stereocenters. The first-order valence-electron chi connectivity index (χ1n) is 7.98. The Labute approximate surface area is 151 Å². The highest BCUT2D eigenvalue weighted by Gasteiger charge is 2.33. The molecule has 138 valence electrons. The van der Waals surface area contributed by atoms with Gasteiger partial charge in [0.15, 0.2) is 0 Å². The van der Waals surface area contributed by atoms with Crippen LogP contribution in [-0.2, 0) is 22.5 Å². The van der Waals surface area contributed by atoms with E-state index in [1.807, 2.05) is 23.9 Å². The van der Waals surface area contributed by atoms with Crippen LogP contribution in [0.4, 0.5) is 0 Å². The van der Waals surface area contributed by atoms with E-state index in [-0.39, 0.29) is 12.6 Å². The van der Waals surface area contributed by atoms with Crippen molar-refractivity contribution in [1.82, 2.24) is 19.8 Å². The van der Waals surface area contributed by atoms with Crippen molar-refractivity contribution >= 4 is 18.1 Å². The summed E-state index contributed by atoms with van der Waals surface area (Å²) in [7, 11) is 1.78. The molecular formula is C16H23ClN4O4. The van der Waals surface area contributed by atoms with Gasteiger partial charge in [-0.3, -0.25) is 14.4 Å². The fraction of sp³-hybridized carbons (Fsp3) is 0.562. The molecule has 0 bridgehead atoms. The first-order chi connectivity index (χ1) is 12.0. The second-order valence-corrected chi connectivity index (χ2v) is 6.40. The van der Waals surface area contributed by atoms with E-state index in [9.17, 15) is 0 Å². The SMILES string of the molecule is CO[C@H]1CN(CCn2cc(Cl)cn2)C[C@H]1Cc1cc(C)no1.O=CO. The molecule has 9 heteroatoms. The molecule has 1 fully saturated rings. The van der Waals surface area contributed by atoms with E-state index in [2.05, 4.69) is 15.2 Å². The minimum absolute atomic E-state index is 0.228. The molecular weight excluding hydrogens is 348 g/mol. The van der Waals surface area contributed by atoms with Gasteiger partial charge in [-0.15, -0.1) is 0 Å². The fourth-order valence-electron chi connectivity index (χ4n) is 3.05. The van der Waals surface area contributed by atoms with Crippen LogP contribution in [0.1, 0.15) is 11.5 Å². The van der Waals surface area contributed by atoms with Crippen molar-refractivity contribution in [3.05, 3.63) is 34.9 Å². The molecule has 1 N–H and O–H groups in total. The number of carbonyl (C=O) groups is 1. The zero-order valence-corrected chi connectivity index (χ0v) is 15.1. The summed E-state index contributed by atoms with van der Waals surface area (Å²) in [5.41, 5.74) is 0.925. The number of halogens is 1. The molecule has 1 aliphatic heterocycles. The molecule has 25 heavy (non-hydrogen) atoms. The van der Waals surface area contributed by atoms with Crippen LogP contribution < -0.4 is 0 Å². The van der Waals surface area contributed by atoms with E-state index in [1.165, 1.54) is 0 Å². The lowest BCUT2D eigenvalue weighted by Gasteiger charge is -2.15. The summed E-state index contributed by atoms with van der Waals surface area (Å²) in [6, 6.07) is 2.00. The van der Waals surface area contributed by atoms with Gasteiger partial charge in [0.05, 0.1) is 29.6 Å². The maximum Gasteiger partial charge on any atom is 0.290 e. The maximum absolute atomic E-state index is 8.36. The Hall–Kier alpha value is -1.90. The number of hydrogen-bond acceptors (Lipinski definition) is 6. The van der Waals surface area contributed by atoms with Crippen LogP contribution in [0.2, 0.25) is 5.02 Å². The number of aryl methyl sites for hydroxylation is 1. The average molecular weight is 371 g/mol. The summed E-state index contributed by atoms with van der Waals surface area (Å²) in [6.07, 6.45) is 4.61. The number of likely N-dealkylation sites (tertiary alicyclic amines) is 1. The summed E-state index contributed by atoms with van der Waals surface area (Å²) in [4.78, 5) is 10.8. The van der Waals surface area contributed by atoms with E-state index in [0.29, 0.717) is 10.9 Å². The first-order valence-corrected chi connectivity index (χ1v) is 8.36. The van der Waals surface area contributed by atoms with Crippen molar-refractivity contribution in [3.63, 3.8) is 0 Å². The number of hydrogen-bond donors (Lipinski definition) is 1. The third-order valence-electron chi connectivity index (χ3n) is 4.15. The molecule has 1 saturated heterocycles.